The van der Waals surface area contributed by atoms with E-state index in [1.54, 1.807) is 41.7 Å². The van der Waals surface area contributed by atoms with Gasteiger partial charge in [-0.3, -0.25) is 19.8 Å². The van der Waals surface area contributed by atoms with Crippen LogP contribution < -0.4 is 5.32 Å². The highest BCUT2D eigenvalue weighted by Crippen LogP contribution is 2.44. The number of nitrogens with zero attached hydrogens (tertiary/aromatic N) is 11. The Balaban J connectivity index is 0.000000175. The lowest BCUT2D eigenvalue weighted by atomic mass is 9.89. The van der Waals surface area contributed by atoms with Gasteiger partial charge in [-0.25, -0.2) is 19.6 Å². The van der Waals surface area contributed by atoms with E-state index in [4.69, 9.17) is 20.0 Å². The molecule has 2 N–H and O–H groups in total. The van der Waals surface area contributed by atoms with Gasteiger partial charge in [-0.15, -0.1) is 0 Å². The van der Waals surface area contributed by atoms with Crippen molar-refractivity contribution in [2.24, 2.45) is 7.05 Å². The van der Waals surface area contributed by atoms with E-state index in [-0.39, 0.29) is 24.2 Å². The second kappa shape index (κ2) is 22.5. The van der Waals surface area contributed by atoms with Gasteiger partial charge in [-0.2, -0.15) is 5.26 Å². The van der Waals surface area contributed by atoms with Crippen molar-refractivity contribution < 1.29 is 19.4 Å². The third kappa shape index (κ3) is 11.5. The molecule has 2 fully saturated rings. The molecule has 2 saturated heterocycles. The number of rotatable bonds is 7. The topological polar surface area (TPSA) is 174 Å². The van der Waals surface area contributed by atoms with Crippen LogP contribution in [-0.2, 0) is 18.3 Å². The Morgan fingerprint density at radius 3 is 2.17 bits per heavy atom. The molecule has 0 spiro atoms. The maximum absolute atomic E-state index is 13.0. The summed E-state index contributed by atoms with van der Waals surface area (Å²) in [6.45, 7) is 15.6. The maximum atomic E-state index is 13.0. The van der Waals surface area contributed by atoms with Gasteiger partial charge in [0.05, 0.1) is 53.3 Å². The molecule has 4 aliphatic rings. The van der Waals surface area contributed by atoms with Gasteiger partial charge in [0.2, 0.25) is 0 Å². The molecule has 4 aromatic heterocycles. The van der Waals surface area contributed by atoms with E-state index in [2.05, 4.69) is 125 Å². The lowest BCUT2D eigenvalue weighted by molar-refractivity contribution is 0.0117. The number of allylic oxidation sites excluding steroid dienone is 1. The number of urea groups is 1. The predicted molar refractivity (Wildman–Crippen MR) is 301 cm³/mol. The molecule has 16 nitrogen and oxygen atoms in total. The van der Waals surface area contributed by atoms with Gasteiger partial charge >= 0.3 is 12.1 Å². The zero-order chi connectivity index (χ0) is 54.0. The predicted octanol–water partition coefficient (Wildman–Crippen LogP) is 10.1. The van der Waals surface area contributed by atoms with Crippen molar-refractivity contribution in [3.63, 3.8) is 0 Å². The first-order valence-electron chi connectivity index (χ1n) is 26.0. The van der Waals surface area contributed by atoms with Crippen LogP contribution in [0.25, 0.3) is 23.3 Å². The largest absolute Gasteiger partial charge is 0.444 e. The lowest BCUT2D eigenvalue weighted by Crippen LogP contribution is -2.51. The second-order valence-corrected chi connectivity index (χ2v) is 21.9. The minimum Gasteiger partial charge on any atom is -0.444 e. The van der Waals surface area contributed by atoms with Crippen molar-refractivity contribution in [1.29, 1.82) is 5.26 Å². The number of aliphatic hydroxyl groups is 1. The van der Waals surface area contributed by atoms with Crippen molar-refractivity contribution in [2.45, 2.75) is 65.0 Å². The Hall–Kier alpha value is -7.75. The molecule has 6 heterocycles. The molecule has 0 saturated carbocycles. The van der Waals surface area contributed by atoms with E-state index in [1.807, 2.05) is 75.1 Å². The maximum Gasteiger partial charge on any atom is 0.410 e. The molecule has 3 amide bonds. The first-order chi connectivity index (χ1) is 37.1. The summed E-state index contributed by atoms with van der Waals surface area (Å²) in [5, 5.41) is 23.5. The van der Waals surface area contributed by atoms with Gasteiger partial charge in [-0.05, 0) is 138 Å². The van der Waals surface area contributed by atoms with Gasteiger partial charge in [-0.1, -0.05) is 54.1 Å². The third-order valence-corrected chi connectivity index (χ3v) is 15.1. The number of aryl methyl sites for hydroxylation is 3. The van der Waals surface area contributed by atoms with E-state index < -0.39 is 11.7 Å². The number of nitrogens with one attached hydrogen (secondary N) is 1. The Labute approximate surface area is 458 Å². The summed E-state index contributed by atoms with van der Waals surface area (Å²) in [7, 11) is 1.89. The number of anilines is 1. The number of halogens is 1. The number of benzene rings is 3. The van der Waals surface area contributed by atoms with Crippen molar-refractivity contribution in [2.75, 3.05) is 57.7 Å². The Bertz CT molecular complexity index is 3410. The number of pyridine rings is 2. The van der Waals surface area contributed by atoms with Crippen LogP contribution in [0.3, 0.4) is 0 Å². The van der Waals surface area contributed by atoms with Crippen molar-refractivity contribution in [3.8, 4) is 6.07 Å². The number of hydrogen-bond donors (Lipinski definition) is 2. The fraction of sp³-hybridized carbons (Fsp3) is 0.317. The number of ether oxygens (including phenoxy) is 1. The standard InChI is InChI=1S/C31H28BrN7O.C29H35N5O3/c1-21-34-10-11-39(21)20-24-16-23-4-2-3-5-27(23)30(29-28(24)17-25(32)19-35-29)37-12-14-38(15-13-37)31(40)36-26-8-6-22(18-33)7-9-26;1-19-8-9-21-22(15-19)23(27(35)24-17-30-18-32(24)5)16-20-7-6-10-31-25(20)26(21)33-11-13-34(14-12-33)28(36)37-29(2,3)4/h2-11,16-17,19,30H,12-15,20H2,1H3,(H,36,40);6-10,15-18,26-27,35H,11-14H2,1-5H3/t;26-,27?/m.0/s1. The van der Waals surface area contributed by atoms with Crippen LogP contribution in [0.1, 0.15) is 106 Å². The molecule has 3 atom stereocenters. The first-order valence-corrected chi connectivity index (χ1v) is 26.8. The van der Waals surface area contributed by atoms with E-state index >= 15 is 0 Å². The van der Waals surface area contributed by atoms with Gasteiger partial charge < -0.3 is 34.1 Å². The molecule has 394 valence electrons. The Morgan fingerprint density at radius 2 is 1.49 bits per heavy atom. The van der Waals surface area contributed by atoms with Gasteiger partial charge in [0.15, 0.2) is 0 Å². The highest BCUT2D eigenvalue weighted by Gasteiger charge is 2.37. The smallest absolute Gasteiger partial charge is 0.410 e. The molecule has 17 heteroatoms. The summed E-state index contributed by atoms with van der Waals surface area (Å²) in [6.07, 6.45) is 14.2. The van der Waals surface area contributed by atoms with Crippen LogP contribution in [0.4, 0.5) is 15.3 Å². The zero-order valence-corrected chi connectivity index (χ0v) is 45.9. The molecular weight excluding hydrogens is 1030 g/mol. The van der Waals surface area contributed by atoms with Gasteiger partial charge in [0.1, 0.15) is 17.5 Å². The number of hydrogen-bond acceptors (Lipinski definition) is 11. The number of aliphatic hydroxyl groups excluding tert-OH is 1. The number of piperazine rings is 2. The molecule has 2 aliphatic carbocycles. The number of nitriles is 1. The van der Waals surface area contributed by atoms with E-state index in [9.17, 15) is 14.7 Å². The summed E-state index contributed by atoms with van der Waals surface area (Å²) in [6, 6.07) is 29.8. The minimum absolute atomic E-state index is 0.0410. The fourth-order valence-corrected chi connectivity index (χ4v) is 11.0. The minimum atomic E-state index is -0.844. The highest BCUT2D eigenvalue weighted by molar-refractivity contribution is 9.10. The normalized spacial score (nSPS) is 17.8. The Morgan fingerprint density at radius 1 is 0.792 bits per heavy atom. The summed E-state index contributed by atoms with van der Waals surface area (Å²) in [5.74, 6) is 0.967. The third-order valence-electron chi connectivity index (χ3n) is 14.6. The van der Waals surface area contributed by atoms with Gasteiger partial charge in [0, 0.05) is 106 Å². The second-order valence-electron chi connectivity index (χ2n) is 20.9. The zero-order valence-electron chi connectivity index (χ0n) is 44.3. The van der Waals surface area contributed by atoms with Crippen molar-refractivity contribution in [3.05, 3.63) is 194 Å². The summed E-state index contributed by atoms with van der Waals surface area (Å²) in [5.41, 5.74) is 13.1. The molecule has 0 bridgehead atoms. The molecule has 7 aromatic rings. The number of fused-ring (bicyclic) bond motifs is 4. The van der Waals surface area contributed by atoms with Crippen LogP contribution in [0, 0.1) is 25.2 Å². The lowest BCUT2D eigenvalue weighted by Gasteiger charge is -2.40. The molecule has 11 rings (SSSR count). The van der Waals surface area contributed by atoms with E-state index in [0.29, 0.717) is 70.2 Å². The number of carbonyl (C=O) groups is 2. The monoisotopic (exact) mass is 1090 g/mol. The molecular formula is C60H63BrN12O4. The average molecular weight is 1100 g/mol. The fourth-order valence-electron chi connectivity index (χ4n) is 10.7. The summed E-state index contributed by atoms with van der Waals surface area (Å²) >= 11 is 3.66. The quantitative estimate of drug-likeness (QED) is 0.156. The van der Waals surface area contributed by atoms with E-state index in [0.717, 1.165) is 60.8 Å². The SMILES string of the molecule is Cc1ccc2c(c1)C(C(O)c1cncn1C)=Cc1cccnc1[C@H]2N1CCN(C(=O)OC(C)(C)C)CC1.Cc1nccn1CC1=Cc2ccccc2C(N2CCN(C(=O)Nc3ccc(C#N)cc3)CC2)c2ncc(Br)cc21. The number of amides is 3. The highest BCUT2D eigenvalue weighted by atomic mass is 79.9. The van der Waals surface area contributed by atoms with Crippen LogP contribution in [0.2, 0.25) is 0 Å². The molecule has 2 unspecified atom stereocenters. The first kappa shape index (κ1) is 52.7. The number of carbonyl (C=O) groups excluding carboxylic acids is 2. The van der Waals surface area contributed by atoms with E-state index in [1.165, 1.54) is 16.7 Å². The van der Waals surface area contributed by atoms with Crippen LogP contribution in [-0.4, -0.2) is 124 Å². The van der Waals surface area contributed by atoms with Crippen molar-refractivity contribution in [1.82, 2.24) is 48.7 Å². The average Bonchev–Trinajstić information content (AvgIpc) is 3.99. The summed E-state index contributed by atoms with van der Waals surface area (Å²) in [4.78, 5) is 52.6. The van der Waals surface area contributed by atoms with Crippen LogP contribution >= 0.6 is 15.9 Å². The molecule has 77 heavy (non-hydrogen) atoms. The number of imidazole rings is 2. The van der Waals surface area contributed by atoms with Crippen LogP contribution in [0.15, 0.2) is 127 Å². The van der Waals surface area contributed by atoms with Gasteiger partial charge in [0.25, 0.3) is 0 Å². The molecule has 0 radical (unpaired) electrons. The summed E-state index contributed by atoms with van der Waals surface area (Å²) < 4.78 is 10.5. The van der Waals surface area contributed by atoms with Crippen molar-refractivity contribution >= 4 is 57.0 Å². The molecule has 3 aromatic carbocycles. The van der Waals surface area contributed by atoms with Crippen LogP contribution in [0.5, 0.6) is 0 Å². The number of aromatic nitrogens is 6. The molecule has 2 aliphatic heterocycles. The Kier molecular flexibility index (Phi) is 15.4.